The minimum atomic E-state index is -0.383. The van der Waals surface area contributed by atoms with Crippen molar-refractivity contribution in [1.82, 2.24) is 30.3 Å². The van der Waals surface area contributed by atoms with Crippen molar-refractivity contribution in [3.8, 4) is 39.4 Å². The van der Waals surface area contributed by atoms with E-state index in [2.05, 4.69) is 20.9 Å². The largest absolute Gasteiger partial charge is 0.481 e. The number of aliphatic hydroxyl groups is 1. The molecule has 1 aliphatic heterocycles. The van der Waals surface area contributed by atoms with E-state index in [1.807, 2.05) is 60.7 Å². The van der Waals surface area contributed by atoms with Crippen molar-refractivity contribution in [2.45, 2.75) is 50.9 Å². The second kappa shape index (κ2) is 14.9. The molecule has 4 heterocycles. The maximum absolute atomic E-state index is 13.2. The summed E-state index contributed by atoms with van der Waals surface area (Å²) in [5.41, 5.74) is 6.24. The monoisotopic (exact) mass is 712 g/mol. The van der Waals surface area contributed by atoms with E-state index in [4.69, 9.17) is 32.9 Å². The number of pyridine rings is 2. The Labute approximate surface area is 299 Å². The first kappa shape index (κ1) is 34.1. The van der Waals surface area contributed by atoms with Crippen LogP contribution in [0.15, 0.2) is 77.9 Å². The number of aromatic nitrogens is 3. The molecule has 1 saturated heterocycles. The summed E-state index contributed by atoms with van der Waals surface area (Å²) in [6, 6.07) is 19.3. The van der Waals surface area contributed by atoms with Crippen molar-refractivity contribution >= 4 is 34.8 Å². The fourth-order valence-electron chi connectivity index (χ4n) is 6.45. The number of nitrogens with zero attached hydrogens (tertiary/aromatic N) is 3. The molecule has 12 heteroatoms. The van der Waals surface area contributed by atoms with Gasteiger partial charge in [0.25, 0.3) is 5.56 Å². The van der Waals surface area contributed by atoms with Crippen molar-refractivity contribution in [3.63, 3.8) is 0 Å². The van der Waals surface area contributed by atoms with Gasteiger partial charge >= 0.3 is 0 Å². The first-order valence-corrected chi connectivity index (χ1v) is 17.6. The van der Waals surface area contributed by atoms with Gasteiger partial charge in [0.1, 0.15) is 5.65 Å². The molecular weight excluding hydrogens is 675 g/mol. The van der Waals surface area contributed by atoms with Crippen LogP contribution in [0, 0.1) is 5.92 Å². The first-order valence-electron chi connectivity index (χ1n) is 16.8. The van der Waals surface area contributed by atoms with E-state index in [0.29, 0.717) is 71.3 Å². The van der Waals surface area contributed by atoms with E-state index in [-0.39, 0.29) is 23.6 Å². The standard InChI is InChI=1S/C38H38Cl2N6O4/c1-50-37-24(17-41-20-26-11-13-34(48)44-26)10-12-31(45-37)30-7-3-6-29(36(30)40)28-5-2-4-27(35(28)39)23-14-15-46-33(16-23)43-19-25(38(46)49)18-42-21-32(47)22-8-9-22/h2-7,10,12,14-16,19,22,26,32,41-42,47H,8-9,11,13,17-18,20-21H2,1H3,(H,44,48)/t26-,32?/m0/s1. The van der Waals surface area contributed by atoms with E-state index in [9.17, 15) is 14.7 Å². The molecule has 2 atom stereocenters. The predicted octanol–water partition coefficient (Wildman–Crippen LogP) is 5.63. The van der Waals surface area contributed by atoms with Crippen LogP contribution in [0.1, 0.15) is 36.8 Å². The Morgan fingerprint density at radius 3 is 2.38 bits per heavy atom. The van der Waals surface area contributed by atoms with Crippen LogP contribution in [-0.2, 0) is 17.9 Å². The van der Waals surface area contributed by atoms with Gasteiger partial charge < -0.3 is 25.8 Å². The van der Waals surface area contributed by atoms with E-state index < -0.39 is 0 Å². The lowest BCUT2D eigenvalue weighted by molar-refractivity contribution is -0.119. The lowest BCUT2D eigenvalue weighted by atomic mass is 9.97. The van der Waals surface area contributed by atoms with Gasteiger partial charge in [-0.1, -0.05) is 65.7 Å². The lowest BCUT2D eigenvalue weighted by Crippen LogP contribution is -2.35. The Balaban J connectivity index is 1.11. The second-order valence-corrected chi connectivity index (χ2v) is 13.7. The fraction of sp³-hybridized carbons (Fsp3) is 0.316. The fourth-order valence-corrected chi connectivity index (χ4v) is 7.11. The number of ether oxygens (including phenoxy) is 1. The summed E-state index contributed by atoms with van der Waals surface area (Å²) in [4.78, 5) is 34.1. The number of benzene rings is 2. The molecule has 5 aromatic rings. The topological polar surface area (TPSA) is 130 Å². The number of carbonyl (C=O) groups excluding carboxylic acids is 1. The summed E-state index contributed by atoms with van der Waals surface area (Å²) < 4.78 is 7.16. The van der Waals surface area contributed by atoms with Gasteiger partial charge in [-0.15, -0.1) is 0 Å². The van der Waals surface area contributed by atoms with Crippen molar-refractivity contribution in [2.75, 3.05) is 20.2 Å². The number of aliphatic hydroxyl groups excluding tert-OH is 1. The minimum Gasteiger partial charge on any atom is -0.481 e. The van der Waals surface area contributed by atoms with Crippen molar-refractivity contribution in [1.29, 1.82) is 0 Å². The van der Waals surface area contributed by atoms with Gasteiger partial charge in [0.15, 0.2) is 0 Å². The molecule has 1 amide bonds. The van der Waals surface area contributed by atoms with Crippen LogP contribution in [0.2, 0.25) is 10.0 Å². The van der Waals surface area contributed by atoms with Gasteiger partial charge in [-0.05, 0) is 48.9 Å². The maximum Gasteiger partial charge on any atom is 0.262 e. The number of carbonyl (C=O) groups is 1. The summed E-state index contributed by atoms with van der Waals surface area (Å²) in [5.74, 6) is 0.956. The van der Waals surface area contributed by atoms with E-state index in [0.717, 1.165) is 52.6 Å². The molecule has 2 aliphatic rings. The highest BCUT2D eigenvalue weighted by molar-refractivity contribution is 6.39. The average molecular weight is 714 g/mol. The summed E-state index contributed by atoms with van der Waals surface area (Å²) >= 11 is 14.2. The maximum atomic E-state index is 13.2. The van der Waals surface area contributed by atoms with Crippen LogP contribution >= 0.6 is 23.2 Å². The molecule has 2 fully saturated rings. The highest BCUT2D eigenvalue weighted by Crippen LogP contribution is 2.42. The third kappa shape index (κ3) is 7.26. The number of amides is 1. The quantitative estimate of drug-likeness (QED) is 0.124. The molecule has 2 aromatic carbocycles. The molecule has 0 radical (unpaired) electrons. The van der Waals surface area contributed by atoms with Crippen LogP contribution in [0.25, 0.3) is 39.2 Å². The number of fused-ring (bicyclic) bond motifs is 1. The number of nitrogens with one attached hydrogen (secondary N) is 3. The summed E-state index contributed by atoms with van der Waals surface area (Å²) in [7, 11) is 1.59. The number of hydrogen-bond donors (Lipinski definition) is 4. The van der Waals surface area contributed by atoms with Gasteiger partial charge in [0.05, 0.1) is 29.0 Å². The molecule has 0 spiro atoms. The Morgan fingerprint density at radius 2 is 1.66 bits per heavy atom. The van der Waals surface area contributed by atoms with Gasteiger partial charge in [-0.3, -0.25) is 14.0 Å². The first-order chi connectivity index (χ1) is 24.3. The van der Waals surface area contributed by atoms with Crippen LogP contribution in [-0.4, -0.2) is 57.7 Å². The molecule has 1 unspecified atom stereocenters. The smallest absolute Gasteiger partial charge is 0.262 e. The SMILES string of the molecule is COc1nc(-c2cccc(-c3cccc(-c4ccn5c(=O)c(CNCC(O)C6CC6)cnc5c4)c3Cl)c2Cl)ccc1CNC[C@@H]1CCC(=O)N1. The zero-order valence-electron chi connectivity index (χ0n) is 27.6. The molecule has 7 rings (SSSR count). The van der Waals surface area contributed by atoms with Crippen molar-refractivity contribution in [2.24, 2.45) is 5.92 Å². The Morgan fingerprint density at radius 1 is 0.940 bits per heavy atom. The minimum absolute atomic E-state index is 0.0939. The Bertz CT molecular complexity index is 2120. The molecule has 258 valence electrons. The van der Waals surface area contributed by atoms with Gasteiger partial charge in [-0.2, -0.15) is 0 Å². The van der Waals surface area contributed by atoms with Gasteiger partial charge in [0.2, 0.25) is 11.8 Å². The molecule has 0 bridgehead atoms. The van der Waals surface area contributed by atoms with Gasteiger partial charge in [-0.25, -0.2) is 9.97 Å². The van der Waals surface area contributed by atoms with E-state index >= 15 is 0 Å². The Hall–Kier alpha value is -4.32. The van der Waals surface area contributed by atoms with E-state index in [1.165, 1.54) is 4.40 Å². The Kier molecular flexibility index (Phi) is 10.2. The third-order valence-electron chi connectivity index (χ3n) is 9.41. The summed E-state index contributed by atoms with van der Waals surface area (Å²) in [6.07, 6.45) is 6.43. The normalized spacial score (nSPS) is 16.5. The zero-order chi connectivity index (χ0) is 34.8. The van der Waals surface area contributed by atoms with Crippen molar-refractivity contribution in [3.05, 3.63) is 105 Å². The molecule has 1 saturated carbocycles. The summed E-state index contributed by atoms with van der Waals surface area (Å²) in [6.45, 7) is 2.00. The van der Waals surface area contributed by atoms with Crippen molar-refractivity contribution < 1.29 is 14.6 Å². The number of rotatable bonds is 13. The zero-order valence-corrected chi connectivity index (χ0v) is 29.1. The van der Waals surface area contributed by atoms with Crippen LogP contribution < -0.4 is 26.2 Å². The highest BCUT2D eigenvalue weighted by Gasteiger charge is 2.29. The predicted molar refractivity (Wildman–Crippen MR) is 195 cm³/mol. The van der Waals surface area contributed by atoms with E-state index in [1.54, 1.807) is 19.5 Å². The van der Waals surface area contributed by atoms with Gasteiger partial charge in [0, 0.05) is 84.4 Å². The number of hydrogen-bond acceptors (Lipinski definition) is 8. The molecule has 50 heavy (non-hydrogen) atoms. The molecule has 10 nitrogen and oxygen atoms in total. The summed E-state index contributed by atoms with van der Waals surface area (Å²) in [5, 5.41) is 20.7. The molecule has 4 N–H and O–H groups in total. The second-order valence-electron chi connectivity index (χ2n) is 12.9. The third-order valence-corrected chi connectivity index (χ3v) is 10.2. The van der Waals surface area contributed by atoms with Crippen LogP contribution in [0.5, 0.6) is 5.88 Å². The average Bonchev–Trinajstić information content (AvgIpc) is 3.90. The number of halogens is 2. The highest BCUT2D eigenvalue weighted by atomic mass is 35.5. The number of methoxy groups -OCH3 is 1. The molecular formula is C38H38Cl2N6O4. The molecule has 3 aromatic heterocycles. The molecule has 1 aliphatic carbocycles. The lowest BCUT2D eigenvalue weighted by Gasteiger charge is -2.16. The van der Waals surface area contributed by atoms with Crippen LogP contribution in [0.3, 0.4) is 0 Å². The van der Waals surface area contributed by atoms with Crippen LogP contribution in [0.4, 0.5) is 0 Å².